The normalized spacial score (nSPS) is 28.7. The fraction of sp³-hybridized carbons (Fsp3) is 0.515. The molecule has 0 radical (unpaired) electrons. The summed E-state index contributed by atoms with van der Waals surface area (Å²) in [6.45, 7) is 8.10. The van der Waals surface area contributed by atoms with E-state index in [-0.39, 0.29) is 29.3 Å². The van der Waals surface area contributed by atoms with Gasteiger partial charge >= 0.3 is 0 Å². The van der Waals surface area contributed by atoms with Crippen LogP contribution in [0.4, 0.5) is 0 Å². The summed E-state index contributed by atoms with van der Waals surface area (Å²) in [5.74, 6) is 2.65. The molecule has 5 atom stereocenters. The molecule has 1 saturated heterocycles. The standard InChI is InChI=1S/C33H40N2O4/c1-21(2)19-35(29(37)15-10-23-8-6-5-7-9-23)26-13-12-25-27-18-24-11-14-28(38-4)31-30(24)33(25,32(26)39-31)16-17-34(27)20-22(3)36/h5-11,14-15,21,25-27,32H,12-13,16-20H2,1-4H3/t25-,26+,27+,32-,33-/m0/s1. The summed E-state index contributed by atoms with van der Waals surface area (Å²) in [5, 5.41) is 0. The van der Waals surface area contributed by atoms with Crippen molar-refractivity contribution in [2.24, 2.45) is 11.8 Å². The Morgan fingerprint density at radius 3 is 2.69 bits per heavy atom. The second-order valence-corrected chi connectivity index (χ2v) is 12.3. The number of carbonyl (C=O) groups is 2. The predicted octanol–water partition coefficient (Wildman–Crippen LogP) is 4.89. The summed E-state index contributed by atoms with van der Waals surface area (Å²) >= 11 is 0. The minimum Gasteiger partial charge on any atom is -0.493 e. The first-order valence-electron chi connectivity index (χ1n) is 14.5. The number of Topliss-reactive ketones (excluding diaryl/α,β-unsaturated/α-hetero) is 1. The van der Waals surface area contributed by atoms with Gasteiger partial charge in [-0.1, -0.05) is 50.2 Å². The highest BCUT2D eigenvalue weighted by Gasteiger charge is 2.66. The van der Waals surface area contributed by atoms with Crippen LogP contribution in [0.5, 0.6) is 11.5 Å². The third-order valence-electron chi connectivity index (χ3n) is 9.49. The Kier molecular flexibility index (Phi) is 6.78. The first kappa shape index (κ1) is 26.1. The van der Waals surface area contributed by atoms with Gasteiger partial charge in [-0.3, -0.25) is 14.5 Å². The maximum Gasteiger partial charge on any atom is 0.246 e. The average Bonchev–Trinajstić information content (AvgIpc) is 3.27. The van der Waals surface area contributed by atoms with Gasteiger partial charge in [0.05, 0.1) is 19.7 Å². The lowest BCUT2D eigenvalue weighted by Gasteiger charge is -2.60. The van der Waals surface area contributed by atoms with Crippen molar-refractivity contribution in [1.82, 2.24) is 9.80 Å². The van der Waals surface area contributed by atoms with Gasteiger partial charge in [-0.15, -0.1) is 0 Å². The summed E-state index contributed by atoms with van der Waals surface area (Å²) in [7, 11) is 1.71. The number of hydrogen-bond donors (Lipinski definition) is 0. The van der Waals surface area contributed by atoms with Crippen molar-refractivity contribution in [1.29, 1.82) is 0 Å². The summed E-state index contributed by atoms with van der Waals surface area (Å²) in [5.41, 5.74) is 3.48. The van der Waals surface area contributed by atoms with Gasteiger partial charge in [0, 0.05) is 29.6 Å². The molecule has 0 aromatic heterocycles. The fourth-order valence-corrected chi connectivity index (χ4v) is 8.16. The number of ether oxygens (including phenoxy) is 2. The summed E-state index contributed by atoms with van der Waals surface area (Å²) in [6.07, 6.45) is 7.29. The molecular weight excluding hydrogens is 488 g/mol. The lowest BCUT2D eigenvalue weighted by molar-refractivity contribution is -0.139. The molecule has 2 aromatic carbocycles. The molecule has 2 aliphatic carbocycles. The number of likely N-dealkylation sites (tertiary alicyclic amines) is 1. The average molecular weight is 529 g/mol. The zero-order chi connectivity index (χ0) is 27.3. The maximum absolute atomic E-state index is 13.9. The summed E-state index contributed by atoms with van der Waals surface area (Å²) in [6, 6.07) is 14.5. The largest absolute Gasteiger partial charge is 0.493 e. The third kappa shape index (κ3) is 4.28. The van der Waals surface area contributed by atoms with Crippen LogP contribution >= 0.6 is 0 Å². The van der Waals surface area contributed by atoms with Crippen molar-refractivity contribution in [3.63, 3.8) is 0 Å². The summed E-state index contributed by atoms with van der Waals surface area (Å²) < 4.78 is 12.8. The SMILES string of the molecule is COc1ccc2c3c1O[C@H]1[C@H](N(CC(C)C)C(=O)C=Cc4ccccc4)CC[C@H]4[C@@H](C2)N(CC(C)=O)CC[C@@]341. The van der Waals surface area contributed by atoms with Crippen LogP contribution < -0.4 is 9.47 Å². The predicted molar refractivity (Wildman–Crippen MR) is 152 cm³/mol. The van der Waals surface area contributed by atoms with E-state index in [2.05, 4.69) is 29.7 Å². The number of methoxy groups -OCH3 is 1. The topological polar surface area (TPSA) is 59.1 Å². The number of ketones is 1. The molecule has 6 nitrogen and oxygen atoms in total. The van der Waals surface area contributed by atoms with Gasteiger partial charge < -0.3 is 14.4 Å². The van der Waals surface area contributed by atoms with Crippen molar-refractivity contribution in [3.8, 4) is 11.5 Å². The number of piperidine rings is 1. The molecule has 6 rings (SSSR count). The van der Waals surface area contributed by atoms with E-state index in [9.17, 15) is 9.59 Å². The van der Waals surface area contributed by atoms with Crippen molar-refractivity contribution in [2.45, 2.75) is 70.1 Å². The second-order valence-electron chi connectivity index (χ2n) is 12.3. The van der Waals surface area contributed by atoms with Crippen LogP contribution in [-0.2, 0) is 21.4 Å². The third-order valence-corrected chi connectivity index (χ3v) is 9.49. The van der Waals surface area contributed by atoms with Gasteiger partial charge in [0.2, 0.25) is 5.91 Å². The molecule has 6 heteroatoms. The molecule has 1 saturated carbocycles. The maximum atomic E-state index is 13.9. The summed E-state index contributed by atoms with van der Waals surface area (Å²) in [4.78, 5) is 30.5. The first-order valence-corrected chi connectivity index (χ1v) is 14.5. The highest BCUT2D eigenvalue weighted by Crippen LogP contribution is 2.64. The number of rotatable bonds is 8. The van der Waals surface area contributed by atoms with E-state index in [0.29, 0.717) is 31.0 Å². The van der Waals surface area contributed by atoms with Gasteiger partial charge in [0.25, 0.3) is 0 Å². The van der Waals surface area contributed by atoms with Crippen LogP contribution in [0.3, 0.4) is 0 Å². The molecule has 4 aliphatic rings. The number of nitrogens with zero attached hydrogens (tertiary/aromatic N) is 2. The van der Waals surface area contributed by atoms with E-state index in [0.717, 1.165) is 49.3 Å². The number of hydrogen-bond acceptors (Lipinski definition) is 5. The van der Waals surface area contributed by atoms with Gasteiger partial charge in [0.15, 0.2) is 11.5 Å². The van der Waals surface area contributed by atoms with Crippen molar-refractivity contribution in [3.05, 3.63) is 65.2 Å². The smallest absolute Gasteiger partial charge is 0.246 e. The van der Waals surface area contributed by atoms with Crippen LogP contribution in [0.1, 0.15) is 56.7 Å². The van der Waals surface area contributed by atoms with E-state index in [1.54, 1.807) is 20.1 Å². The number of carbonyl (C=O) groups excluding carboxylic acids is 2. The van der Waals surface area contributed by atoms with Crippen LogP contribution in [0.2, 0.25) is 0 Å². The Balaban J connectivity index is 1.40. The Morgan fingerprint density at radius 2 is 1.97 bits per heavy atom. The molecule has 0 N–H and O–H groups in total. The van der Waals surface area contributed by atoms with Crippen LogP contribution in [-0.4, -0.2) is 66.4 Å². The quantitative estimate of drug-likeness (QED) is 0.457. The van der Waals surface area contributed by atoms with E-state index in [4.69, 9.17) is 9.47 Å². The first-order chi connectivity index (χ1) is 18.8. The van der Waals surface area contributed by atoms with E-state index < -0.39 is 0 Å². The molecular formula is C33H40N2O4. The lowest BCUT2D eigenvalue weighted by atomic mass is 9.51. The highest BCUT2D eigenvalue weighted by atomic mass is 16.5. The Hall–Kier alpha value is -3.12. The van der Waals surface area contributed by atoms with Crippen molar-refractivity contribution >= 4 is 17.8 Å². The highest BCUT2D eigenvalue weighted by molar-refractivity contribution is 5.92. The Labute approximate surface area is 232 Å². The molecule has 206 valence electrons. The number of amides is 1. The van der Waals surface area contributed by atoms with Gasteiger partial charge in [-0.05, 0) is 74.3 Å². The molecule has 1 spiro atoms. The minimum absolute atomic E-state index is 0.0281. The van der Waals surface area contributed by atoms with Gasteiger partial charge in [-0.2, -0.15) is 0 Å². The molecule has 0 unspecified atom stereocenters. The zero-order valence-corrected chi connectivity index (χ0v) is 23.6. The van der Waals surface area contributed by atoms with Gasteiger partial charge in [-0.25, -0.2) is 0 Å². The molecule has 2 aliphatic heterocycles. The molecule has 2 heterocycles. The molecule has 2 fully saturated rings. The van der Waals surface area contributed by atoms with E-state index in [1.807, 2.05) is 42.5 Å². The van der Waals surface area contributed by atoms with Crippen LogP contribution in [0.15, 0.2) is 48.5 Å². The monoisotopic (exact) mass is 528 g/mol. The van der Waals surface area contributed by atoms with E-state index >= 15 is 0 Å². The molecule has 39 heavy (non-hydrogen) atoms. The Bertz CT molecular complexity index is 1290. The fourth-order valence-electron chi connectivity index (χ4n) is 8.16. The Morgan fingerprint density at radius 1 is 1.18 bits per heavy atom. The number of benzene rings is 2. The second kappa shape index (κ2) is 10.1. The molecule has 1 amide bonds. The van der Waals surface area contributed by atoms with Crippen LogP contribution in [0.25, 0.3) is 6.08 Å². The van der Waals surface area contributed by atoms with Crippen molar-refractivity contribution in [2.75, 3.05) is 26.7 Å². The zero-order valence-electron chi connectivity index (χ0n) is 23.6. The molecule has 2 bridgehead atoms. The molecule has 2 aromatic rings. The van der Waals surface area contributed by atoms with Crippen molar-refractivity contribution < 1.29 is 19.1 Å². The lowest BCUT2D eigenvalue weighted by Crippen LogP contribution is -2.69. The minimum atomic E-state index is -0.170. The van der Waals surface area contributed by atoms with Crippen LogP contribution in [0, 0.1) is 11.8 Å². The van der Waals surface area contributed by atoms with Gasteiger partial charge in [0.1, 0.15) is 11.9 Å². The van der Waals surface area contributed by atoms with E-state index in [1.165, 1.54) is 11.1 Å².